The minimum atomic E-state index is -0.225. The molecule has 4 heteroatoms. The summed E-state index contributed by atoms with van der Waals surface area (Å²) in [5.41, 5.74) is 1.33. The lowest BCUT2D eigenvalue weighted by molar-refractivity contribution is -0.174. The van der Waals surface area contributed by atoms with Gasteiger partial charge in [-0.1, -0.05) is 26.8 Å². The van der Waals surface area contributed by atoms with Gasteiger partial charge >= 0.3 is 5.97 Å². The summed E-state index contributed by atoms with van der Waals surface area (Å²) in [6.07, 6.45) is 12.6. The van der Waals surface area contributed by atoms with Gasteiger partial charge in [-0.15, -0.1) is 0 Å². The smallest absolute Gasteiger partial charge is 0.333 e. The van der Waals surface area contributed by atoms with Gasteiger partial charge in [0, 0.05) is 5.57 Å². The fraction of sp³-hybridized carbons (Fsp3) is 0.893. The minimum absolute atomic E-state index is 0.167. The summed E-state index contributed by atoms with van der Waals surface area (Å²) < 4.78 is 4.82. The summed E-state index contributed by atoms with van der Waals surface area (Å²) in [7, 11) is 1.44. The first-order valence-electron chi connectivity index (χ1n) is 13.2. The molecular formula is C28H46O4. The molecule has 182 valence electrons. The third-order valence-electron chi connectivity index (χ3n) is 11.0. The average Bonchev–Trinajstić information content (AvgIpc) is 3.11. The molecule has 32 heavy (non-hydrogen) atoms. The van der Waals surface area contributed by atoms with Crippen LogP contribution in [0.4, 0.5) is 0 Å². The summed E-state index contributed by atoms with van der Waals surface area (Å²) in [5, 5.41) is 21.6. The Morgan fingerprint density at radius 1 is 1.06 bits per heavy atom. The molecule has 0 bridgehead atoms. The molecule has 0 saturated heterocycles. The van der Waals surface area contributed by atoms with Crippen molar-refractivity contribution in [2.75, 3.05) is 7.11 Å². The Balaban J connectivity index is 1.47. The summed E-state index contributed by atoms with van der Waals surface area (Å²) in [6, 6.07) is 0. The molecule has 4 aliphatic rings. The molecule has 0 aromatic rings. The second-order valence-corrected chi connectivity index (χ2v) is 12.4. The molecule has 0 aromatic heterocycles. The standard InChI is InChI=1S/C28H46O4/c1-17(7-6-8-18(2)26(31)32-5)21-9-10-22-25-23(12-14-28(21,22)4)27(3)13-11-20(29)15-19(27)16-24(25)30/h8,17,19-25,29-30H,6-7,9-16H2,1-5H3/b18-8-/t17-,19+,20-,21-,22+,23+,24-,25+,27+,28-/m1/s1. The second-order valence-electron chi connectivity index (χ2n) is 12.4. The number of aliphatic hydroxyl groups is 2. The number of ether oxygens (including phenoxy) is 1. The van der Waals surface area contributed by atoms with Gasteiger partial charge in [0.15, 0.2) is 0 Å². The topological polar surface area (TPSA) is 66.8 Å². The van der Waals surface area contributed by atoms with Gasteiger partial charge in [-0.3, -0.25) is 0 Å². The molecule has 4 fully saturated rings. The van der Waals surface area contributed by atoms with Crippen molar-refractivity contribution in [2.45, 2.75) is 104 Å². The largest absolute Gasteiger partial charge is 0.466 e. The fourth-order valence-corrected chi connectivity index (χ4v) is 9.18. The molecule has 0 aliphatic heterocycles. The summed E-state index contributed by atoms with van der Waals surface area (Å²) in [4.78, 5) is 11.7. The Kier molecular flexibility index (Phi) is 6.87. The van der Waals surface area contributed by atoms with Crippen LogP contribution in [0.3, 0.4) is 0 Å². The molecular weight excluding hydrogens is 400 g/mol. The fourth-order valence-electron chi connectivity index (χ4n) is 9.18. The van der Waals surface area contributed by atoms with Crippen molar-refractivity contribution in [1.82, 2.24) is 0 Å². The SMILES string of the molecule is COC(=O)/C(C)=C\CC[C@@H](C)[C@H]1CC[C@H]2[C@@H]3[C@H](O)C[C@@H]4C[C@H](O)CC[C@]4(C)[C@H]3CC[C@]12C. The van der Waals surface area contributed by atoms with E-state index in [4.69, 9.17) is 4.74 Å². The lowest BCUT2D eigenvalue weighted by Crippen LogP contribution is -2.58. The highest BCUT2D eigenvalue weighted by Gasteiger charge is 2.62. The number of allylic oxidation sites excluding steroid dienone is 1. The van der Waals surface area contributed by atoms with Crippen molar-refractivity contribution in [3.05, 3.63) is 11.6 Å². The lowest BCUT2D eigenvalue weighted by Gasteiger charge is -2.62. The summed E-state index contributed by atoms with van der Waals surface area (Å²) in [5.74, 6) is 3.25. The van der Waals surface area contributed by atoms with Gasteiger partial charge in [0.25, 0.3) is 0 Å². The maximum absolute atomic E-state index is 11.7. The van der Waals surface area contributed by atoms with E-state index in [0.717, 1.165) is 38.5 Å². The lowest BCUT2D eigenvalue weighted by atomic mass is 9.43. The molecule has 0 radical (unpaired) electrons. The van der Waals surface area contributed by atoms with E-state index in [1.54, 1.807) is 0 Å². The van der Waals surface area contributed by atoms with E-state index in [1.165, 1.54) is 32.8 Å². The maximum Gasteiger partial charge on any atom is 0.333 e. The van der Waals surface area contributed by atoms with E-state index in [9.17, 15) is 15.0 Å². The van der Waals surface area contributed by atoms with Crippen LogP contribution in [0.15, 0.2) is 11.6 Å². The molecule has 4 saturated carbocycles. The molecule has 0 aromatic carbocycles. The van der Waals surface area contributed by atoms with Gasteiger partial charge in [-0.05, 0) is 117 Å². The molecule has 4 nitrogen and oxygen atoms in total. The van der Waals surface area contributed by atoms with Gasteiger partial charge in [0.1, 0.15) is 0 Å². The molecule has 10 atom stereocenters. The number of hydrogen-bond donors (Lipinski definition) is 2. The molecule has 4 aliphatic carbocycles. The zero-order valence-corrected chi connectivity index (χ0v) is 21.0. The number of methoxy groups -OCH3 is 1. The summed E-state index contributed by atoms with van der Waals surface area (Å²) >= 11 is 0. The normalized spacial score (nSPS) is 47.2. The van der Waals surface area contributed by atoms with Gasteiger partial charge in [0.05, 0.1) is 19.3 Å². The number of carbonyl (C=O) groups excluding carboxylic acids is 1. The predicted octanol–water partition coefficient (Wildman–Crippen LogP) is 5.51. The van der Waals surface area contributed by atoms with Crippen molar-refractivity contribution in [3.8, 4) is 0 Å². The monoisotopic (exact) mass is 446 g/mol. The zero-order valence-electron chi connectivity index (χ0n) is 21.0. The van der Waals surface area contributed by atoms with Gasteiger partial charge in [0.2, 0.25) is 0 Å². The van der Waals surface area contributed by atoms with Gasteiger partial charge < -0.3 is 14.9 Å². The number of esters is 1. The van der Waals surface area contributed by atoms with E-state index in [2.05, 4.69) is 20.8 Å². The number of aliphatic hydroxyl groups excluding tert-OH is 2. The van der Waals surface area contributed by atoms with Crippen LogP contribution >= 0.6 is 0 Å². The maximum atomic E-state index is 11.7. The highest BCUT2D eigenvalue weighted by Crippen LogP contribution is 2.68. The molecule has 0 unspecified atom stereocenters. The van der Waals surface area contributed by atoms with Crippen LogP contribution in [0.25, 0.3) is 0 Å². The van der Waals surface area contributed by atoms with Crippen LogP contribution in [0.1, 0.15) is 91.9 Å². The highest BCUT2D eigenvalue weighted by molar-refractivity contribution is 5.87. The van der Waals surface area contributed by atoms with E-state index < -0.39 is 0 Å². The van der Waals surface area contributed by atoms with Crippen LogP contribution < -0.4 is 0 Å². The first kappa shape index (κ1) is 24.3. The van der Waals surface area contributed by atoms with Gasteiger partial charge in [-0.25, -0.2) is 4.79 Å². The van der Waals surface area contributed by atoms with E-state index in [1.807, 2.05) is 13.0 Å². The number of hydrogen-bond acceptors (Lipinski definition) is 4. The van der Waals surface area contributed by atoms with E-state index >= 15 is 0 Å². The predicted molar refractivity (Wildman–Crippen MR) is 127 cm³/mol. The number of rotatable bonds is 5. The number of fused-ring (bicyclic) bond motifs is 5. The van der Waals surface area contributed by atoms with Crippen molar-refractivity contribution in [3.63, 3.8) is 0 Å². The molecule has 4 rings (SSSR count). The molecule has 0 heterocycles. The molecule has 0 spiro atoms. The molecule has 2 N–H and O–H groups in total. The Morgan fingerprint density at radius 2 is 1.75 bits per heavy atom. The number of carbonyl (C=O) groups is 1. The van der Waals surface area contributed by atoms with Gasteiger partial charge in [-0.2, -0.15) is 0 Å². The third-order valence-corrected chi connectivity index (χ3v) is 11.0. The zero-order chi connectivity index (χ0) is 23.3. The highest BCUT2D eigenvalue weighted by atomic mass is 16.5. The van der Waals surface area contributed by atoms with Crippen LogP contribution in [0.5, 0.6) is 0 Å². The minimum Gasteiger partial charge on any atom is -0.466 e. The Morgan fingerprint density at radius 3 is 2.47 bits per heavy atom. The van der Waals surface area contributed by atoms with Crippen LogP contribution in [-0.2, 0) is 9.53 Å². The average molecular weight is 447 g/mol. The molecule has 0 amide bonds. The van der Waals surface area contributed by atoms with Crippen molar-refractivity contribution >= 4 is 5.97 Å². The van der Waals surface area contributed by atoms with Crippen LogP contribution in [0.2, 0.25) is 0 Å². The Bertz CT molecular complexity index is 731. The Hall–Kier alpha value is -0.870. The van der Waals surface area contributed by atoms with Crippen molar-refractivity contribution < 1.29 is 19.7 Å². The van der Waals surface area contributed by atoms with Crippen molar-refractivity contribution in [1.29, 1.82) is 0 Å². The third kappa shape index (κ3) is 3.98. The first-order chi connectivity index (χ1) is 15.1. The van der Waals surface area contributed by atoms with E-state index in [0.29, 0.717) is 51.9 Å². The second kappa shape index (κ2) is 9.06. The first-order valence-corrected chi connectivity index (χ1v) is 13.2. The Labute approximate surface area is 195 Å². The van der Waals surface area contributed by atoms with Crippen LogP contribution in [-0.4, -0.2) is 35.5 Å². The quantitative estimate of drug-likeness (QED) is 0.431. The van der Waals surface area contributed by atoms with Crippen molar-refractivity contribution in [2.24, 2.45) is 46.3 Å². The van der Waals surface area contributed by atoms with E-state index in [-0.39, 0.29) is 18.2 Å². The van der Waals surface area contributed by atoms with Crippen LogP contribution in [0, 0.1) is 46.3 Å². The summed E-state index contributed by atoms with van der Waals surface area (Å²) in [6.45, 7) is 9.26.